The Labute approximate surface area is 144 Å². The highest BCUT2D eigenvalue weighted by Gasteiger charge is 2.42. The summed E-state index contributed by atoms with van der Waals surface area (Å²) in [5.41, 5.74) is 6.77. The van der Waals surface area contributed by atoms with Crippen LogP contribution >= 0.6 is 0 Å². The Morgan fingerprint density at radius 2 is 1.88 bits per heavy atom. The topological polar surface area (TPSA) is 64.8 Å². The SMILES string of the molecule is Cc1ccc(OC2CCN(C(=O)C3(CN)CCOCC3)CC2)cc1. The molecule has 0 spiro atoms. The molecular formula is C19H28N2O3. The molecule has 2 heterocycles. The molecule has 1 aromatic rings. The van der Waals surface area contributed by atoms with E-state index < -0.39 is 5.41 Å². The summed E-state index contributed by atoms with van der Waals surface area (Å²) in [5.74, 6) is 1.12. The number of amides is 1. The Morgan fingerprint density at radius 3 is 2.46 bits per heavy atom. The number of carbonyl (C=O) groups is 1. The lowest BCUT2D eigenvalue weighted by Crippen LogP contribution is -2.53. The molecule has 0 aromatic heterocycles. The van der Waals surface area contributed by atoms with Gasteiger partial charge in [-0.2, -0.15) is 0 Å². The third-order valence-electron chi connectivity index (χ3n) is 5.35. The maximum Gasteiger partial charge on any atom is 0.230 e. The van der Waals surface area contributed by atoms with Crippen LogP contribution < -0.4 is 10.5 Å². The molecule has 2 saturated heterocycles. The molecule has 0 atom stereocenters. The van der Waals surface area contributed by atoms with Gasteiger partial charge in [0.2, 0.25) is 5.91 Å². The average Bonchev–Trinajstić information content (AvgIpc) is 2.64. The highest BCUT2D eigenvalue weighted by atomic mass is 16.5. The highest BCUT2D eigenvalue weighted by molar-refractivity contribution is 5.83. The maximum atomic E-state index is 13.0. The van der Waals surface area contributed by atoms with Crippen LogP contribution in [0.2, 0.25) is 0 Å². The predicted molar refractivity (Wildman–Crippen MR) is 92.9 cm³/mol. The maximum absolute atomic E-state index is 13.0. The van der Waals surface area contributed by atoms with E-state index in [4.69, 9.17) is 15.2 Å². The fraction of sp³-hybridized carbons (Fsp3) is 0.632. The molecule has 0 saturated carbocycles. The van der Waals surface area contributed by atoms with Crippen molar-refractivity contribution in [1.29, 1.82) is 0 Å². The number of hydrogen-bond acceptors (Lipinski definition) is 4. The van der Waals surface area contributed by atoms with Crippen LogP contribution in [0.15, 0.2) is 24.3 Å². The minimum absolute atomic E-state index is 0.181. The lowest BCUT2D eigenvalue weighted by atomic mass is 9.78. The summed E-state index contributed by atoms with van der Waals surface area (Å²) < 4.78 is 11.5. The van der Waals surface area contributed by atoms with Gasteiger partial charge in [-0.1, -0.05) is 17.7 Å². The van der Waals surface area contributed by atoms with Crippen LogP contribution in [0.1, 0.15) is 31.2 Å². The van der Waals surface area contributed by atoms with E-state index in [-0.39, 0.29) is 12.0 Å². The van der Waals surface area contributed by atoms with Crippen molar-refractivity contribution in [3.63, 3.8) is 0 Å². The molecule has 3 rings (SSSR count). The van der Waals surface area contributed by atoms with Crippen LogP contribution in [0.25, 0.3) is 0 Å². The molecule has 0 bridgehead atoms. The fourth-order valence-electron chi connectivity index (χ4n) is 3.59. The largest absolute Gasteiger partial charge is 0.490 e. The first-order valence-corrected chi connectivity index (χ1v) is 8.93. The number of aryl methyl sites for hydroxylation is 1. The van der Waals surface area contributed by atoms with Crippen molar-refractivity contribution in [2.24, 2.45) is 11.1 Å². The Morgan fingerprint density at radius 1 is 1.25 bits per heavy atom. The normalized spacial score (nSPS) is 21.5. The van der Waals surface area contributed by atoms with E-state index in [1.807, 2.05) is 17.0 Å². The molecule has 2 N–H and O–H groups in total. The molecule has 1 aromatic carbocycles. The van der Waals surface area contributed by atoms with Gasteiger partial charge in [-0.05, 0) is 31.9 Å². The van der Waals surface area contributed by atoms with Crippen molar-refractivity contribution < 1.29 is 14.3 Å². The van der Waals surface area contributed by atoms with Crippen molar-refractivity contribution >= 4 is 5.91 Å². The zero-order chi connectivity index (χ0) is 17.0. The van der Waals surface area contributed by atoms with Crippen LogP contribution in [-0.4, -0.2) is 49.8 Å². The monoisotopic (exact) mass is 332 g/mol. The second-order valence-electron chi connectivity index (χ2n) is 7.02. The first-order valence-electron chi connectivity index (χ1n) is 8.93. The molecule has 2 fully saturated rings. The summed E-state index contributed by atoms with van der Waals surface area (Å²) in [6, 6.07) is 8.14. The van der Waals surface area contributed by atoms with E-state index in [0.29, 0.717) is 19.8 Å². The average molecular weight is 332 g/mol. The number of ether oxygens (including phenoxy) is 2. The molecule has 2 aliphatic heterocycles. The van der Waals surface area contributed by atoms with Gasteiger partial charge in [-0.25, -0.2) is 0 Å². The van der Waals surface area contributed by atoms with E-state index in [2.05, 4.69) is 19.1 Å². The number of nitrogens with zero attached hydrogens (tertiary/aromatic N) is 1. The lowest BCUT2D eigenvalue weighted by molar-refractivity contribution is -0.149. The summed E-state index contributed by atoms with van der Waals surface area (Å²) in [7, 11) is 0. The van der Waals surface area contributed by atoms with E-state index in [1.165, 1.54) is 5.56 Å². The van der Waals surface area contributed by atoms with Gasteiger partial charge in [-0.15, -0.1) is 0 Å². The van der Waals surface area contributed by atoms with Gasteiger partial charge in [0, 0.05) is 45.7 Å². The number of rotatable bonds is 4. The summed E-state index contributed by atoms with van der Waals surface area (Å²) in [6.07, 6.45) is 3.40. The van der Waals surface area contributed by atoms with E-state index >= 15 is 0 Å². The Balaban J connectivity index is 1.54. The first-order chi connectivity index (χ1) is 11.6. The van der Waals surface area contributed by atoms with E-state index in [1.54, 1.807) is 0 Å². The number of carbonyl (C=O) groups excluding carboxylic acids is 1. The third-order valence-corrected chi connectivity index (χ3v) is 5.35. The van der Waals surface area contributed by atoms with Crippen molar-refractivity contribution in [3.8, 4) is 5.75 Å². The molecule has 132 valence electrons. The lowest BCUT2D eigenvalue weighted by Gasteiger charge is -2.41. The molecule has 2 aliphatic rings. The fourth-order valence-corrected chi connectivity index (χ4v) is 3.59. The second-order valence-corrected chi connectivity index (χ2v) is 7.02. The number of nitrogens with two attached hydrogens (primary N) is 1. The molecule has 0 unspecified atom stereocenters. The number of likely N-dealkylation sites (tertiary alicyclic amines) is 1. The van der Waals surface area contributed by atoms with Crippen LogP contribution in [-0.2, 0) is 9.53 Å². The zero-order valence-electron chi connectivity index (χ0n) is 14.5. The van der Waals surface area contributed by atoms with Gasteiger partial charge in [0.25, 0.3) is 0 Å². The van der Waals surface area contributed by atoms with Crippen LogP contribution in [0.5, 0.6) is 5.75 Å². The smallest absolute Gasteiger partial charge is 0.230 e. The highest BCUT2D eigenvalue weighted by Crippen LogP contribution is 2.33. The minimum Gasteiger partial charge on any atom is -0.490 e. The molecule has 0 radical (unpaired) electrons. The number of piperidine rings is 1. The molecular weight excluding hydrogens is 304 g/mol. The summed E-state index contributed by atoms with van der Waals surface area (Å²) in [6.45, 7) is 5.24. The first kappa shape index (κ1) is 17.2. The zero-order valence-corrected chi connectivity index (χ0v) is 14.5. The van der Waals surface area contributed by atoms with Gasteiger partial charge in [0.1, 0.15) is 11.9 Å². The van der Waals surface area contributed by atoms with Gasteiger partial charge in [-0.3, -0.25) is 4.79 Å². The summed E-state index contributed by atoms with van der Waals surface area (Å²) >= 11 is 0. The number of hydrogen-bond donors (Lipinski definition) is 1. The molecule has 5 heteroatoms. The van der Waals surface area contributed by atoms with Crippen molar-refractivity contribution in [3.05, 3.63) is 29.8 Å². The van der Waals surface area contributed by atoms with Gasteiger partial charge in [0.15, 0.2) is 0 Å². The summed E-state index contributed by atoms with van der Waals surface area (Å²) in [5, 5.41) is 0. The predicted octanol–water partition coefficient (Wildman–Crippen LogP) is 2.12. The Hall–Kier alpha value is -1.59. The Kier molecular flexibility index (Phi) is 5.41. The van der Waals surface area contributed by atoms with Crippen LogP contribution in [0, 0.1) is 12.3 Å². The third kappa shape index (κ3) is 3.73. The molecule has 0 aliphatic carbocycles. The second kappa shape index (κ2) is 7.53. The molecule has 1 amide bonds. The van der Waals surface area contributed by atoms with Crippen LogP contribution in [0.3, 0.4) is 0 Å². The molecule has 24 heavy (non-hydrogen) atoms. The minimum atomic E-state index is -0.414. The molecule has 5 nitrogen and oxygen atoms in total. The standard InChI is InChI=1S/C19H28N2O3/c1-15-2-4-16(5-3-15)24-17-6-10-21(11-7-17)18(22)19(14-20)8-12-23-13-9-19/h2-5,17H,6-14,20H2,1H3. The van der Waals surface area contributed by atoms with Crippen LogP contribution in [0.4, 0.5) is 0 Å². The number of benzene rings is 1. The van der Waals surface area contributed by atoms with Gasteiger partial charge < -0.3 is 20.1 Å². The van der Waals surface area contributed by atoms with Crippen molar-refractivity contribution in [2.45, 2.75) is 38.7 Å². The van der Waals surface area contributed by atoms with Gasteiger partial charge in [0.05, 0.1) is 5.41 Å². The Bertz CT molecular complexity index is 544. The van der Waals surface area contributed by atoms with E-state index in [0.717, 1.165) is 44.5 Å². The quantitative estimate of drug-likeness (QED) is 0.917. The van der Waals surface area contributed by atoms with Crippen molar-refractivity contribution in [2.75, 3.05) is 32.8 Å². The van der Waals surface area contributed by atoms with Gasteiger partial charge >= 0.3 is 0 Å². The van der Waals surface area contributed by atoms with E-state index in [9.17, 15) is 4.79 Å². The van der Waals surface area contributed by atoms with Crippen molar-refractivity contribution in [1.82, 2.24) is 4.90 Å². The summed E-state index contributed by atoms with van der Waals surface area (Å²) in [4.78, 5) is 14.9.